The third-order valence-electron chi connectivity index (χ3n) is 6.15. The van der Waals surface area contributed by atoms with Gasteiger partial charge in [-0.25, -0.2) is 4.79 Å². The second kappa shape index (κ2) is 19.2. The number of carbonyl (C=O) groups is 1. The molecule has 0 aliphatic rings. The van der Waals surface area contributed by atoms with Gasteiger partial charge in [0.05, 0.1) is 0 Å². The van der Waals surface area contributed by atoms with Crippen molar-refractivity contribution in [2.75, 3.05) is 57.3 Å². The van der Waals surface area contributed by atoms with Crippen molar-refractivity contribution in [2.24, 2.45) is 0 Å². The summed E-state index contributed by atoms with van der Waals surface area (Å²) in [5.74, 6) is 0. The molecule has 0 fully saturated rings. The molecule has 0 aromatic heterocycles. The molecule has 232 valence electrons. The van der Waals surface area contributed by atoms with Crippen LogP contribution in [0.2, 0.25) is 31.7 Å². The van der Waals surface area contributed by atoms with Crippen molar-refractivity contribution in [3.8, 4) is 0 Å². The van der Waals surface area contributed by atoms with Crippen LogP contribution in [0.25, 0.3) is 0 Å². The van der Waals surface area contributed by atoms with Gasteiger partial charge in [-0.15, -0.1) is 0 Å². The molecule has 0 atom stereocenters. The average Bonchev–Trinajstić information content (AvgIpc) is 2.88. The number of amides is 2. The van der Waals surface area contributed by atoms with Crippen molar-refractivity contribution in [3.63, 3.8) is 0 Å². The lowest BCUT2D eigenvalue weighted by molar-refractivity contribution is 0.0697. The predicted octanol–water partition coefficient (Wildman–Crippen LogP) is 6.63. The fourth-order valence-electron chi connectivity index (χ4n) is 4.78. The number of anilines is 1. The Bertz CT molecular complexity index is 749. The molecule has 40 heavy (non-hydrogen) atoms. The number of urea groups is 1. The molecule has 2 amide bonds. The van der Waals surface area contributed by atoms with E-state index in [0.717, 1.165) is 18.5 Å². The van der Waals surface area contributed by atoms with Gasteiger partial charge in [-0.2, -0.15) is 0 Å². The van der Waals surface area contributed by atoms with E-state index in [1.54, 1.807) is 0 Å². The van der Waals surface area contributed by atoms with Crippen molar-refractivity contribution in [3.05, 3.63) is 30.3 Å². The highest BCUT2D eigenvalue weighted by Crippen LogP contribution is 2.26. The Kier molecular flexibility index (Phi) is 17.7. The summed E-state index contributed by atoms with van der Waals surface area (Å²) in [6.45, 7) is 22.7. The van der Waals surface area contributed by atoms with Gasteiger partial charge >= 0.3 is 23.6 Å². The first-order valence-electron chi connectivity index (χ1n) is 15.0. The largest absolute Gasteiger partial charge is 0.500 e. The Hall–Kier alpha value is -1.10. The van der Waals surface area contributed by atoms with Gasteiger partial charge in [0.2, 0.25) is 0 Å². The van der Waals surface area contributed by atoms with Crippen molar-refractivity contribution >= 4 is 37.6 Å². The van der Waals surface area contributed by atoms with Crippen LogP contribution in [0.5, 0.6) is 0 Å². The quantitative estimate of drug-likeness (QED) is 0.135. The monoisotopic (exact) mass is 616 g/mol. The summed E-state index contributed by atoms with van der Waals surface area (Å²) < 4.78 is 38.5. The van der Waals surface area contributed by atoms with E-state index in [1.807, 2.05) is 81.3 Å². The summed E-state index contributed by atoms with van der Waals surface area (Å²) in [5.41, 5.74) is 0.931. The fourth-order valence-corrected chi connectivity index (χ4v) is 11.6. The second-order valence-corrected chi connectivity index (χ2v) is 20.5. The molecule has 0 saturated heterocycles. The Balaban J connectivity index is 3.24. The molecule has 1 aromatic carbocycles. The van der Waals surface area contributed by atoms with E-state index >= 15 is 0 Å². The molecule has 0 heterocycles. The molecule has 12 heteroatoms. The SMILES string of the molecule is CCO[Si](CCCN(CCC[Si](OCC)(OCC)OCC)C(=O)N(c1ccccc1)[Si](C)(C)C)(OCC)OCC. The smallest absolute Gasteiger partial charge is 0.374 e. The van der Waals surface area contributed by atoms with Gasteiger partial charge in [0.15, 0.2) is 8.24 Å². The number of carbonyl (C=O) groups excluding carboxylic acids is 1. The van der Waals surface area contributed by atoms with E-state index < -0.39 is 25.8 Å². The second-order valence-electron chi connectivity index (χ2n) is 10.3. The molecule has 0 bridgehead atoms. The predicted molar refractivity (Wildman–Crippen MR) is 169 cm³/mol. The van der Waals surface area contributed by atoms with E-state index in [4.69, 9.17) is 26.6 Å². The number of benzene rings is 1. The zero-order chi connectivity index (χ0) is 30.1. The first-order valence-corrected chi connectivity index (χ1v) is 22.4. The summed E-state index contributed by atoms with van der Waals surface area (Å²) in [7, 11) is -7.70. The van der Waals surface area contributed by atoms with E-state index in [9.17, 15) is 4.79 Å². The molecule has 0 aliphatic carbocycles. The number of para-hydroxylation sites is 1. The zero-order valence-corrected chi connectivity index (χ0v) is 29.6. The lowest BCUT2D eigenvalue weighted by atomic mass is 10.3. The minimum absolute atomic E-state index is 0.0263. The van der Waals surface area contributed by atoms with Crippen molar-refractivity contribution in [2.45, 2.75) is 86.1 Å². The molecule has 0 spiro atoms. The molecular formula is C28H56N2O7Si3. The molecule has 0 radical (unpaired) electrons. The van der Waals surface area contributed by atoms with Crippen LogP contribution in [-0.2, 0) is 26.6 Å². The minimum Gasteiger partial charge on any atom is -0.374 e. The van der Waals surface area contributed by atoms with Gasteiger partial charge in [0.1, 0.15) is 0 Å². The maximum absolute atomic E-state index is 14.3. The first kappa shape index (κ1) is 36.9. The van der Waals surface area contributed by atoms with Crippen LogP contribution in [-0.4, -0.2) is 89.5 Å². The van der Waals surface area contributed by atoms with E-state index in [2.05, 4.69) is 19.6 Å². The topological polar surface area (TPSA) is 78.9 Å². The van der Waals surface area contributed by atoms with Gasteiger partial charge in [-0.1, -0.05) is 37.8 Å². The van der Waals surface area contributed by atoms with E-state index in [1.165, 1.54) is 0 Å². The van der Waals surface area contributed by atoms with Gasteiger partial charge in [-0.05, 0) is 66.5 Å². The van der Waals surface area contributed by atoms with Crippen molar-refractivity contribution < 1.29 is 31.4 Å². The summed E-state index contributed by atoms with van der Waals surface area (Å²) >= 11 is 0. The van der Waals surface area contributed by atoms with Crippen LogP contribution in [0.3, 0.4) is 0 Å². The number of rotatable bonds is 22. The van der Waals surface area contributed by atoms with Crippen molar-refractivity contribution in [1.82, 2.24) is 4.90 Å². The number of nitrogens with zero attached hydrogens (tertiary/aromatic N) is 2. The standard InChI is InChI=1S/C28H56N2O7Si3/c1-10-32-39(33-11-2,34-12-3)25-19-23-29(24-20-26-40(35-13-4,36-14-5)37-15-6)28(31)30(38(7,8)9)27-21-17-16-18-22-27/h16-18,21-22H,10-15,19-20,23-26H2,1-9H3. The molecule has 0 unspecified atom stereocenters. The van der Waals surface area contributed by atoms with Crippen LogP contribution in [0.4, 0.5) is 10.5 Å². The molecule has 0 aliphatic heterocycles. The fraction of sp³-hybridized carbons (Fsp3) is 0.750. The average molecular weight is 617 g/mol. The van der Waals surface area contributed by atoms with Crippen molar-refractivity contribution in [1.29, 1.82) is 0 Å². The third-order valence-corrected chi connectivity index (χ3v) is 14.2. The first-order chi connectivity index (χ1) is 19.1. The van der Waals surface area contributed by atoms with Crippen LogP contribution in [0.1, 0.15) is 54.4 Å². The minimum atomic E-state index is -2.81. The third kappa shape index (κ3) is 12.0. The highest BCUT2D eigenvalue weighted by atomic mass is 28.4. The number of hydrogen-bond acceptors (Lipinski definition) is 7. The highest BCUT2D eigenvalue weighted by Gasteiger charge is 2.42. The lowest BCUT2D eigenvalue weighted by Crippen LogP contribution is -2.56. The summed E-state index contributed by atoms with van der Waals surface area (Å²) in [5, 5.41) is 0. The molecule has 0 N–H and O–H groups in total. The molecule has 1 rings (SSSR count). The Labute approximate surface area is 247 Å². The van der Waals surface area contributed by atoms with Crippen LogP contribution < -0.4 is 4.57 Å². The van der Waals surface area contributed by atoms with Crippen LogP contribution >= 0.6 is 0 Å². The maximum atomic E-state index is 14.3. The highest BCUT2D eigenvalue weighted by molar-refractivity contribution is 6.83. The van der Waals surface area contributed by atoms with Gasteiger partial charge in [-0.3, -0.25) is 0 Å². The Morgan fingerprint density at radius 1 is 0.625 bits per heavy atom. The Morgan fingerprint density at radius 3 is 1.27 bits per heavy atom. The number of hydrogen-bond donors (Lipinski definition) is 0. The van der Waals surface area contributed by atoms with Crippen LogP contribution in [0, 0.1) is 0 Å². The Morgan fingerprint density at radius 2 is 0.975 bits per heavy atom. The molecule has 0 saturated carbocycles. The van der Waals surface area contributed by atoms with Gasteiger partial charge < -0.3 is 36.0 Å². The molecular weight excluding hydrogens is 561 g/mol. The molecule has 1 aromatic rings. The summed E-state index contributed by atoms with van der Waals surface area (Å²) in [6.07, 6.45) is 1.44. The zero-order valence-electron chi connectivity index (χ0n) is 26.6. The summed E-state index contributed by atoms with van der Waals surface area (Å²) in [6, 6.07) is 11.3. The normalized spacial score (nSPS) is 12.5. The van der Waals surface area contributed by atoms with E-state index in [0.29, 0.717) is 64.8 Å². The summed E-state index contributed by atoms with van der Waals surface area (Å²) in [4.78, 5) is 16.2. The van der Waals surface area contributed by atoms with E-state index in [-0.39, 0.29) is 6.03 Å². The maximum Gasteiger partial charge on any atom is 0.500 e. The van der Waals surface area contributed by atoms with Gasteiger partial charge in [0.25, 0.3) is 0 Å². The lowest BCUT2D eigenvalue weighted by Gasteiger charge is -2.39. The molecule has 9 nitrogen and oxygen atoms in total. The van der Waals surface area contributed by atoms with Gasteiger partial charge in [0, 0.05) is 70.5 Å². The van der Waals surface area contributed by atoms with Crippen LogP contribution in [0.15, 0.2) is 30.3 Å².